The molecule has 2 atom stereocenters. The summed E-state index contributed by atoms with van der Waals surface area (Å²) in [6.45, 7) is 1.63. The van der Waals surface area contributed by atoms with Gasteiger partial charge in [0.2, 0.25) is 0 Å². The lowest BCUT2D eigenvalue weighted by molar-refractivity contribution is 0.149. The van der Waals surface area contributed by atoms with Crippen molar-refractivity contribution in [1.29, 1.82) is 0 Å². The molecule has 0 saturated heterocycles. The quantitative estimate of drug-likeness (QED) is 0.840. The smallest absolute Gasteiger partial charge is 0.143 e. The zero-order chi connectivity index (χ0) is 10.0. The predicted molar refractivity (Wildman–Crippen MR) is 52.7 cm³/mol. The van der Waals surface area contributed by atoms with Crippen molar-refractivity contribution in [2.24, 2.45) is 5.73 Å². The monoisotopic (exact) mass is 247 g/mol. The van der Waals surface area contributed by atoms with E-state index in [-0.39, 0.29) is 5.56 Å². The summed E-state index contributed by atoms with van der Waals surface area (Å²) in [6, 6.07) is 4.28. The molecule has 2 nitrogen and oxygen atoms in total. The fraction of sp³-hybridized carbons (Fsp3) is 0.333. The van der Waals surface area contributed by atoms with Gasteiger partial charge in [-0.3, -0.25) is 0 Å². The Morgan fingerprint density at radius 1 is 1.54 bits per heavy atom. The van der Waals surface area contributed by atoms with Crippen LogP contribution < -0.4 is 5.73 Å². The van der Waals surface area contributed by atoms with E-state index in [0.29, 0.717) is 4.47 Å². The largest absolute Gasteiger partial charge is 0.387 e. The third-order valence-corrected chi connectivity index (χ3v) is 2.41. The highest BCUT2D eigenvalue weighted by atomic mass is 79.9. The van der Waals surface area contributed by atoms with Crippen molar-refractivity contribution in [3.8, 4) is 0 Å². The number of aliphatic hydroxyl groups excluding tert-OH is 1. The highest BCUT2D eigenvalue weighted by Crippen LogP contribution is 2.24. The zero-order valence-electron chi connectivity index (χ0n) is 7.17. The summed E-state index contributed by atoms with van der Waals surface area (Å²) < 4.78 is 13.7. The minimum Gasteiger partial charge on any atom is -0.387 e. The maximum absolute atomic E-state index is 13.3. The molecule has 0 amide bonds. The second-order valence-electron chi connectivity index (χ2n) is 2.95. The summed E-state index contributed by atoms with van der Waals surface area (Å²) in [5.74, 6) is -0.452. The molecule has 4 heteroatoms. The Hall–Kier alpha value is -0.450. The SMILES string of the molecule is CC(N)C(O)c1cccc(Br)c1F. The van der Waals surface area contributed by atoms with Gasteiger partial charge in [-0.25, -0.2) is 4.39 Å². The molecule has 0 fully saturated rings. The molecule has 0 saturated carbocycles. The number of benzene rings is 1. The van der Waals surface area contributed by atoms with Gasteiger partial charge in [0.15, 0.2) is 0 Å². The van der Waals surface area contributed by atoms with E-state index in [0.717, 1.165) is 0 Å². The van der Waals surface area contributed by atoms with Crippen molar-refractivity contribution in [1.82, 2.24) is 0 Å². The number of nitrogens with two attached hydrogens (primary N) is 1. The van der Waals surface area contributed by atoms with Crippen LogP contribution in [0.15, 0.2) is 22.7 Å². The maximum Gasteiger partial charge on any atom is 0.143 e. The number of hydrogen-bond donors (Lipinski definition) is 2. The van der Waals surface area contributed by atoms with Gasteiger partial charge in [-0.1, -0.05) is 12.1 Å². The normalized spacial score (nSPS) is 15.5. The molecule has 0 heterocycles. The summed E-state index contributed by atoms with van der Waals surface area (Å²) in [6.07, 6.45) is -0.961. The van der Waals surface area contributed by atoms with Crippen molar-refractivity contribution in [3.63, 3.8) is 0 Å². The first-order valence-corrected chi connectivity index (χ1v) is 4.71. The van der Waals surface area contributed by atoms with Gasteiger partial charge < -0.3 is 10.8 Å². The van der Waals surface area contributed by atoms with E-state index in [1.54, 1.807) is 19.1 Å². The van der Waals surface area contributed by atoms with Crippen LogP contribution in [0.4, 0.5) is 4.39 Å². The fourth-order valence-corrected chi connectivity index (χ4v) is 1.41. The van der Waals surface area contributed by atoms with E-state index in [1.165, 1.54) is 6.07 Å². The van der Waals surface area contributed by atoms with Gasteiger partial charge in [-0.05, 0) is 28.9 Å². The van der Waals surface area contributed by atoms with E-state index >= 15 is 0 Å². The van der Waals surface area contributed by atoms with E-state index in [4.69, 9.17) is 5.73 Å². The number of aliphatic hydroxyl groups is 1. The highest BCUT2D eigenvalue weighted by molar-refractivity contribution is 9.10. The summed E-state index contributed by atoms with van der Waals surface area (Å²) in [7, 11) is 0. The number of hydrogen-bond acceptors (Lipinski definition) is 2. The molecule has 1 aromatic carbocycles. The molecule has 1 aromatic rings. The Balaban J connectivity index is 3.07. The van der Waals surface area contributed by atoms with E-state index in [2.05, 4.69) is 15.9 Å². The van der Waals surface area contributed by atoms with Crippen LogP contribution >= 0.6 is 15.9 Å². The molecule has 0 aliphatic carbocycles. The number of rotatable bonds is 2. The third-order valence-electron chi connectivity index (χ3n) is 1.80. The Kier molecular flexibility index (Phi) is 3.41. The van der Waals surface area contributed by atoms with Crippen molar-refractivity contribution in [2.45, 2.75) is 19.1 Å². The van der Waals surface area contributed by atoms with E-state index in [1.807, 2.05) is 0 Å². The Labute approximate surface area is 84.7 Å². The van der Waals surface area contributed by atoms with Gasteiger partial charge in [-0.2, -0.15) is 0 Å². The molecule has 0 aromatic heterocycles. The molecule has 0 spiro atoms. The van der Waals surface area contributed by atoms with Gasteiger partial charge in [0.05, 0.1) is 10.6 Å². The van der Waals surface area contributed by atoms with Crippen LogP contribution in [-0.2, 0) is 0 Å². The summed E-state index contributed by atoms with van der Waals surface area (Å²) in [4.78, 5) is 0. The first-order chi connectivity index (χ1) is 6.04. The average Bonchev–Trinajstić information content (AvgIpc) is 2.08. The topological polar surface area (TPSA) is 46.2 Å². The summed E-state index contributed by atoms with van der Waals surface area (Å²) in [5, 5.41) is 9.52. The van der Waals surface area contributed by atoms with Gasteiger partial charge in [0, 0.05) is 11.6 Å². The van der Waals surface area contributed by atoms with Crippen LogP contribution in [0.3, 0.4) is 0 Å². The molecule has 1 rings (SSSR count). The van der Waals surface area contributed by atoms with Gasteiger partial charge in [-0.15, -0.1) is 0 Å². The number of halogens is 2. The first-order valence-electron chi connectivity index (χ1n) is 3.91. The van der Waals surface area contributed by atoms with E-state index < -0.39 is 18.0 Å². The maximum atomic E-state index is 13.3. The van der Waals surface area contributed by atoms with Crippen LogP contribution in [0.5, 0.6) is 0 Å². The van der Waals surface area contributed by atoms with E-state index in [9.17, 15) is 9.50 Å². The van der Waals surface area contributed by atoms with Gasteiger partial charge in [0.1, 0.15) is 5.82 Å². The second-order valence-corrected chi connectivity index (χ2v) is 3.80. The Morgan fingerprint density at radius 3 is 2.69 bits per heavy atom. The van der Waals surface area contributed by atoms with Gasteiger partial charge >= 0.3 is 0 Å². The molecule has 0 aliphatic rings. The molecule has 0 aliphatic heterocycles. The fourth-order valence-electron chi connectivity index (χ4n) is 1.03. The highest BCUT2D eigenvalue weighted by Gasteiger charge is 2.17. The van der Waals surface area contributed by atoms with Crippen LogP contribution in [0.2, 0.25) is 0 Å². The van der Waals surface area contributed by atoms with Crippen molar-refractivity contribution >= 4 is 15.9 Å². The molecular weight excluding hydrogens is 237 g/mol. The predicted octanol–water partition coefficient (Wildman–Crippen LogP) is 1.97. The standard InChI is InChI=1S/C9H11BrFNO/c1-5(12)9(13)6-3-2-4-7(10)8(6)11/h2-5,9,13H,12H2,1H3. The lowest BCUT2D eigenvalue weighted by atomic mass is 10.0. The molecule has 0 radical (unpaired) electrons. The minimum atomic E-state index is -0.961. The summed E-state index contributed by atoms with van der Waals surface area (Å²) in [5.41, 5.74) is 5.68. The van der Waals surface area contributed by atoms with Crippen LogP contribution in [-0.4, -0.2) is 11.1 Å². The van der Waals surface area contributed by atoms with Crippen LogP contribution in [0.25, 0.3) is 0 Å². The summed E-state index contributed by atoms with van der Waals surface area (Å²) >= 11 is 3.04. The average molecular weight is 248 g/mol. The lowest BCUT2D eigenvalue weighted by Gasteiger charge is -2.15. The van der Waals surface area contributed by atoms with Crippen molar-refractivity contribution in [2.75, 3.05) is 0 Å². The minimum absolute atomic E-state index is 0.226. The Bertz CT molecular complexity index is 304. The van der Waals surface area contributed by atoms with Crippen LogP contribution in [0.1, 0.15) is 18.6 Å². The zero-order valence-corrected chi connectivity index (χ0v) is 8.75. The lowest BCUT2D eigenvalue weighted by Crippen LogP contribution is -2.25. The first kappa shape index (κ1) is 10.6. The molecule has 0 bridgehead atoms. The molecule has 72 valence electrons. The van der Waals surface area contributed by atoms with Crippen molar-refractivity contribution < 1.29 is 9.50 Å². The molecular formula is C9H11BrFNO. The molecule has 13 heavy (non-hydrogen) atoms. The molecule has 2 unspecified atom stereocenters. The third kappa shape index (κ3) is 2.27. The molecule has 3 N–H and O–H groups in total. The second kappa shape index (κ2) is 4.17. The van der Waals surface area contributed by atoms with Gasteiger partial charge in [0.25, 0.3) is 0 Å². The van der Waals surface area contributed by atoms with Crippen molar-refractivity contribution in [3.05, 3.63) is 34.1 Å². The van der Waals surface area contributed by atoms with Crippen LogP contribution in [0, 0.1) is 5.82 Å². The Morgan fingerprint density at radius 2 is 2.15 bits per heavy atom.